The van der Waals surface area contributed by atoms with Crippen molar-refractivity contribution in [1.29, 1.82) is 0 Å². The normalized spacial score (nSPS) is 13.8. The van der Waals surface area contributed by atoms with Crippen LogP contribution in [-0.2, 0) is 24.2 Å². The standard InChI is InChI=1S/C26H29N3O3S/c1-26(2,3)33(31)29-23(17-19-10-8-9-18(27-19)15-16-30)20-11-4-5-12-21(20)25-22-13-6-7-14-24(22)32-28-25/h4-14,23,29-30H,15-17H2,1-3H3. The zero-order valence-electron chi connectivity index (χ0n) is 19.1. The predicted molar refractivity (Wildman–Crippen MR) is 132 cm³/mol. The molecule has 2 N–H and O–H groups in total. The summed E-state index contributed by atoms with van der Waals surface area (Å²) >= 11 is -1.29. The average molecular weight is 464 g/mol. The Balaban J connectivity index is 1.77. The highest BCUT2D eigenvalue weighted by atomic mass is 32.2. The Morgan fingerprint density at radius 2 is 1.73 bits per heavy atom. The van der Waals surface area contributed by atoms with Crippen molar-refractivity contribution < 1.29 is 14.2 Å². The lowest BCUT2D eigenvalue weighted by Gasteiger charge is -2.29. The Kier molecular flexibility index (Phi) is 7.14. The summed E-state index contributed by atoms with van der Waals surface area (Å²) in [5.74, 6) is 0. The summed E-state index contributed by atoms with van der Waals surface area (Å²) in [6.07, 6.45) is 1.04. The van der Waals surface area contributed by atoms with E-state index in [-0.39, 0.29) is 12.6 Å². The van der Waals surface area contributed by atoms with Crippen LogP contribution in [0, 0.1) is 0 Å². The highest BCUT2D eigenvalue weighted by molar-refractivity contribution is 7.90. The maximum absolute atomic E-state index is 13.1. The molecule has 0 radical (unpaired) electrons. The Morgan fingerprint density at radius 3 is 2.52 bits per heavy atom. The first-order chi connectivity index (χ1) is 15.9. The van der Waals surface area contributed by atoms with Crippen LogP contribution in [0.1, 0.15) is 43.8 Å². The van der Waals surface area contributed by atoms with Gasteiger partial charge < -0.3 is 14.2 Å². The Bertz CT molecular complexity index is 1220. The summed E-state index contributed by atoms with van der Waals surface area (Å²) in [6.45, 7) is 5.90. The van der Waals surface area contributed by atoms with Crippen LogP contribution in [-0.4, -0.2) is 31.2 Å². The van der Waals surface area contributed by atoms with Gasteiger partial charge in [-0.2, -0.15) is 0 Å². The molecule has 0 spiro atoms. The summed E-state index contributed by atoms with van der Waals surface area (Å²) in [6, 6.07) is 21.3. The summed E-state index contributed by atoms with van der Waals surface area (Å²) in [5, 5.41) is 14.6. The molecule has 2 aromatic heterocycles. The molecule has 7 heteroatoms. The van der Waals surface area contributed by atoms with Gasteiger partial charge in [-0.3, -0.25) is 4.98 Å². The summed E-state index contributed by atoms with van der Waals surface area (Å²) in [5.41, 5.74) is 5.09. The number of aliphatic hydroxyl groups is 1. The lowest BCUT2D eigenvalue weighted by Crippen LogP contribution is -2.42. The number of aliphatic hydroxyl groups excluding tert-OH is 1. The maximum atomic E-state index is 13.1. The van der Waals surface area contributed by atoms with E-state index in [1.165, 1.54) is 0 Å². The van der Waals surface area contributed by atoms with Crippen LogP contribution in [0.3, 0.4) is 0 Å². The molecule has 2 heterocycles. The number of hydrogen-bond acceptors (Lipinski definition) is 6. The van der Waals surface area contributed by atoms with E-state index in [1.54, 1.807) is 0 Å². The van der Waals surface area contributed by atoms with Crippen LogP contribution in [0.5, 0.6) is 0 Å². The molecule has 0 bridgehead atoms. The number of para-hydroxylation sites is 1. The summed E-state index contributed by atoms with van der Waals surface area (Å²) in [4.78, 5) is 4.71. The van der Waals surface area contributed by atoms with E-state index in [2.05, 4.69) is 9.88 Å². The van der Waals surface area contributed by atoms with Crippen molar-refractivity contribution in [2.24, 2.45) is 0 Å². The number of rotatable bonds is 8. The molecule has 0 fully saturated rings. The van der Waals surface area contributed by atoms with Crippen molar-refractivity contribution in [3.63, 3.8) is 0 Å². The molecule has 0 aliphatic carbocycles. The molecule has 0 aliphatic heterocycles. The third-order valence-electron chi connectivity index (χ3n) is 5.42. The second kappa shape index (κ2) is 10.1. The van der Waals surface area contributed by atoms with E-state index in [9.17, 15) is 9.66 Å². The Hall–Kier alpha value is -2.71. The number of nitrogens with zero attached hydrogens (tertiary/aromatic N) is 2. The van der Waals surface area contributed by atoms with E-state index in [1.807, 2.05) is 87.5 Å². The minimum Gasteiger partial charge on any atom is -0.598 e. The topological polar surface area (TPSA) is 94.2 Å². The SMILES string of the molecule is CC(C)(C)[S+]([O-])NC(Cc1cccc(CCO)n1)c1ccccc1-c1noc2ccccc12. The fraction of sp³-hybridized carbons (Fsp3) is 0.308. The summed E-state index contributed by atoms with van der Waals surface area (Å²) in [7, 11) is 0. The molecule has 0 aliphatic rings. The second-order valence-corrected chi connectivity index (χ2v) is 11.0. The van der Waals surface area contributed by atoms with E-state index >= 15 is 0 Å². The molecule has 0 amide bonds. The third-order valence-corrected chi connectivity index (χ3v) is 7.03. The molecule has 0 saturated carbocycles. The monoisotopic (exact) mass is 463 g/mol. The molecule has 2 aromatic carbocycles. The van der Waals surface area contributed by atoms with Crippen LogP contribution in [0.4, 0.5) is 0 Å². The van der Waals surface area contributed by atoms with Crippen molar-refractivity contribution in [3.05, 3.63) is 83.7 Å². The highest BCUT2D eigenvalue weighted by Crippen LogP contribution is 2.35. The van der Waals surface area contributed by atoms with Crippen LogP contribution >= 0.6 is 0 Å². The van der Waals surface area contributed by atoms with Gasteiger partial charge in [-0.05, 0) is 50.6 Å². The molecule has 33 heavy (non-hydrogen) atoms. The molecule has 6 nitrogen and oxygen atoms in total. The molecule has 4 aromatic rings. The van der Waals surface area contributed by atoms with Crippen LogP contribution in [0.15, 0.2) is 71.3 Å². The molecule has 0 saturated heterocycles. The zero-order chi connectivity index (χ0) is 23.4. The number of hydrogen-bond donors (Lipinski definition) is 2. The van der Waals surface area contributed by atoms with Crippen molar-refractivity contribution in [3.8, 4) is 11.3 Å². The molecular formula is C26H29N3O3S. The van der Waals surface area contributed by atoms with Gasteiger partial charge >= 0.3 is 0 Å². The molecular weight excluding hydrogens is 434 g/mol. The van der Waals surface area contributed by atoms with Crippen molar-refractivity contribution in [1.82, 2.24) is 14.9 Å². The number of aromatic nitrogens is 2. The quantitative estimate of drug-likeness (QED) is 0.366. The fourth-order valence-electron chi connectivity index (χ4n) is 3.72. The van der Waals surface area contributed by atoms with Gasteiger partial charge in [-0.25, -0.2) is 0 Å². The second-order valence-electron chi connectivity index (χ2n) is 8.96. The zero-order valence-corrected chi connectivity index (χ0v) is 19.9. The van der Waals surface area contributed by atoms with Crippen molar-refractivity contribution in [2.75, 3.05) is 6.61 Å². The van der Waals surface area contributed by atoms with Crippen LogP contribution in [0.25, 0.3) is 22.2 Å². The third kappa shape index (κ3) is 5.45. The Labute approximate surface area is 197 Å². The van der Waals surface area contributed by atoms with Crippen LogP contribution in [0.2, 0.25) is 0 Å². The summed E-state index contributed by atoms with van der Waals surface area (Å²) < 4.78 is 21.6. The first-order valence-electron chi connectivity index (χ1n) is 11.0. The van der Waals surface area contributed by atoms with E-state index in [0.29, 0.717) is 12.8 Å². The lowest BCUT2D eigenvalue weighted by molar-refractivity contribution is 0.298. The van der Waals surface area contributed by atoms with E-state index in [0.717, 1.165) is 39.2 Å². The largest absolute Gasteiger partial charge is 0.598 e. The molecule has 4 rings (SSSR count). The van der Waals surface area contributed by atoms with Crippen LogP contribution < -0.4 is 4.72 Å². The van der Waals surface area contributed by atoms with Gasteiger partial charge in [0.15, 0.2) is 5.58 Å². The van der Waals surface area contributed by atoms with E-state index < -0.39 is 16.1 Å². The number of pyridine rings is 1. The molecule has 172 valence electrons. The first-order valence-corrected chi connectivity index (χ1v) is 12.2. The number of fused-ring (bicyclic) bond motifs is 1. The van der Waals surface area contributed by atoms with E-state index in [4.69, 9.17) is 9.51 Å². The minimum atomic E-state index is -1.29. The number of nitrogens with one attached hydrogen (secondary N) is 1. The van der Waals surface area contributed by atoms with Gasteiger partial charge in [0.1, 0.15) is 10.4 Å². The molecule has 2 unspecified atom stereocenters. The lowest BCUT2D eigenvalue weighted by atomic mass is 9.94. The van der Waals surface area contributed by atoms with Gasteiger partial charge in [0.2, 0.25) is 0 Å². The van der Waals surface area contributed by atoms with Crippen molar-refractivity contribution >= 4 is 22.3 Å². The van der Waals surface area contributed by atoms with Gasteiger partial charge in [-0.1, -0.05) is 47.6 Å². The maximum Gasteiger partial charge on any atom is 0.167 e. The van der Waals surface area contributed by atoms with Gasteiger partial charge in [0.05, 0.1) is 6.04 Å². The molecule has 2 atom stereocenters. The predicted octanol–water partition coefficient (Wildman–Crippen LogP) is 4.76. The number of benzene rings is 2. The van der Waals surface area contributed by atoms with Crippen molar-refractivity contribution in [2.45, 2.75) is 44.4 Å². The fourth-order valence-corrected chi connectivity index (χ4v) is 4.55. The first kappa shape index (κ1) is 23.4. The van der Waals surface area contributed by atoms with Gasteiger partial charge in [0.25, 0.3) is 0 Å². The smallest absolute Gasteiger partial charge is 0.167 e. The minimum absolute atomic E-state index is 0.0498. The van der Waals surface area contributed by atoms with Gasteiger partial charge in [0, 0.05) is 53.1 Å². The average Bonchev–Trinajstić information content (AvgIpc) is 3.22. The Morgan fingerprint density at radius 1 is 1.00 bits per heavy atom. The highest BCUT2D eigenvalue weighted by Gasteiger charge is 2.31. The van der Waals surface area contributed by atoms with Gasteiger partial charge in [-0.15, -0.1) is 4.72 Å².